The molecule has 3 atom stereocenters. The number of H-pyrrole nitrogens is 1. The smallest absolute Gasteiger partial charge is 0.329 e. The number of nitrogens with one attached hydrogen (secondary N) is 1. The largest absolute Gasteiger partial charge is 0.497 e. The van der Waals surface area contributed by atoms with Crippen molar-refractivity contribution < 1.29 is 24.1 Å². The first-order valence-electron chi connectivity index (χ1n) is 13.3. The van der Waals surface area contributed by atoms with E-state index in [0.717, 1.165) is 28.2 Å². The third kappa shape index (κ3) is 4.86. The molecule has 5 aromatic rings. The molecular formula is C31H30N4O6. The van der Waals surface area contributed by atoms with Gasteiger partial charge in [0.15, 0.2) is 5.65 Å². The van der Waals surface area contributed by atoms with Gasteiger partial charge in [0.25, 0.3) is 0 Å². The van der Waals surface area contributed by atoms with Crippen molar-refractivity contribution >= 4 is 11.2 Å². The van der Waals surface area contributed by atoms with Crippen LogP contribution in [0.5, 0.6) is 11.5 Å². The molecule has 0 amide bonds. The molecule has 3 heterocycles. The predicted octanol–water partition coefficient (Wildman–Crippen LogP) is 3.79. The molecule has 0 spiro atoms. The summed E-state index contributed by atoms with van der Waals surface area (Å²) in [7, 11) is 3.25. The number of nitrogens with zero attached hydrogens (tertiary/aromatic N) is 3. The molecule has 1 fully saturated rings. The fourth-order valence-electron chi connectivity index (χ4n) is 5.45. The van der Waals surface area contributed by atoms with Crippen molar-refractivity contribution in [2.75, 3.05) is 20.8 Å². The van der Waals surface area contributed by atoms with Crippen molar-refractivity contribution in [2.24, 2.45) is 0 Å². The number of ether oxygens (including phenoxy) is 4. The van der Waals surface area contributed by atoms with Gasteiger partial charge >= 0.3 is 5.69 Å². The quantitative estimate of drug-likeness (QED) is 0.264. The van der Waals surface area contributed by atoms with Gasteiger partial charge in [-0.25, -0.2) is 19.3 Å². The highest BCUT2D eigenvalue weighted by Gasteiger charge is 2.42. The Kier molecular flexibility index (Phi) is 7.27. The van der Waals surface area contributed by atoms with E-state index in [1.807, 2.05) is 78.9 Å². The predicted molar refractivity (Wildman–Crippen MR) is 151 cm³/mol. The minimum absolute atomic E-state index is 0.0384. The van der Waals surface area contributed by atoms with Crippen molar-refractivity contribution in [2.45, 2.75) is 30.5 Å². The Morgan fingerprint density at radius 2 is 1.56 bits per heavy atom. The van der Waals surface area contributed by atoms with Crippen LogP contribution < -0.4 is 15.2 Å². The molecule has 2 aromatic heterocycles. The number of aliphatic hydroxyl groups excluding tert-OH is 1. The van der Waals surface area contributed by atoms with Gasteiger partial charge < -0.3 is 29.0 Å². The molecule has 10 nitrogen and oxygen atoms in total. The minimum atomic E-state index is -1.06. The van der Waals surface area contributed by atoms with Gasteiger partial charge in [-0.15, -0.1) is 0 Å². The second kappa shape index (κ2) is 11.2. The zero-order valence-corrected chi connectivity index (χ0v) is 22.6. The van der Waals surface area contributed by atoms with Gasteiger partial charge in [-0.3, -0.25) is 0 Å². The molecule has 0 radical (unpaired) electrons. The number of aliphatic hydroxyl groups is 1. The maximum absolute atomic E-state index is 12.7. The Balaban J connectivity index is 1.38. The lowest BCUT2D eigenvalue weighted by Crippen LogP contribution is -2.38. The third-order valence-corrected chi connectivity index (χ3v) is 7.51. The molecule has 2 N–H and O–H groups in total. The van der Waals surface area contributed by atoms with E-state index in [2.05, 4.69) is 15.0 Å². The molecule has 1 aliphatic heterocycles. The summed E-state index contributed by atoms with van der Waals surface area (Å²) in [6.45, 7) is 0.0384. The lowest BCUT2D eigenvalue weighted by atomic mass is 9.80. The molecular weight excluding hydrogens is 524 g/mol. The number of hydrogen-bond donors (Lipinski definition) is 2. The van der Waals surface area contributed by atoms with E-state index in [1.54, 1.807) is 14.2 Å². The number of rotatable bonds is 9. The molecule has 1 saturated heterocycles. The van der Waals surface area contributed by atoms with Gasteiger partial charge in [0.1, 0.15) is 41.3 Å². The lowest BCUT2D eigenvalue weighted by Gasteiger charge is -2.37. The number of hydrogen-bond acceptors (Lipinski definition) is 8. The second-order valence-corrected chi connectivity index (χ2v) is 9.81. The maximum atomic E-state index is 12.7. The summed E-state index contributed by atoms with van der Waals surface area (Å²) in [5.41, 5.74) is 2.09. The summed E-state index contributed by atoms with van der Waals surface area (Å²) in [6, 6.07) is 25.3. The van der Waals surface area contributed by atoms with Gasteiger partial charge in [-0.2, -0.15) is 0 Å². The molecule has 0 saturated carbocycles. The summed E-state index contributed by atoms with van der Waals surface area (Å²) in [6.07, 6.45) is 0.800. The van der Waals surface area contributed by atoms with Crippen LogP contribution in [0.3, 0.4) is 0 Å². The zero-order chi connectivity index (χ0) is 28.4. The number of aromatic nitrogens is 4. The average Bonchev–Trinajstić information content (AvgIpc) is 3.56. The van der Waals surface area contributed by atoms with E-state index in [9.17, 15) is 9.90 Å². The highest BCUT2D eigenvalue weighted by atomic mass is 16.6. The molecule has 3 aromatic carbocycles. The van der Waals surface area contributed by atoms with Crippen molar-refractivity contribution in [1.82, 2.24) is 19.5 Å². The Morgan fingerprint density at radius 3 is 2.17 bits per heavy atom. The maximum Gasteiger partial charge on any atom is 0.329 e. The molecule has 1 aliphatic rings. The molecule has 0 aliphatic carbocycles. The van der Waals surface area contributed by atoms with Crippen LogP contribution >= 0.6 is 0 Å². The number of fused-ring (bicyclic) bond motifs is 1. The van der Waals surface area contributed by atoms with Gasteiger partial charge in [-0.1, -0.05) is 54.6 Å². The Hall–Kier alpha value is -4.51. The molecule has 41 heavy (non-hydrogen) atoms. The van der Waals surface area contributed by atoms with Crippen LogP contribution in [0.15, 0.2) is 96.2 Å². The molecule has 6 rings (SSSR count). The van der Waals surface area contributed by atoms with Crippen LogP contribution in [0.25, 0.3) is 11.2 Å². The second-order valence-electron chi connectivity index (χ2n) is 9.81. The standard InChI is InChI=1S/C31H30N4O6/c1-38-23-12-8-21(9-13-23)31(20-6-4-3-5-7-20,22-10-14-24(39-2)15-11-22)40-18-27-26(36)16-28(41-27)35-29-25(34-30(35)37)17-32-19-33-29/h3-15,17,19,26-28,36H,16,18H2,1-2H3,(H,34,37)/t26-,27-,28-/m1/s1. The van der Waals surface area contributed by atoms with Crippen LogP contribution in [-0.2, 0) is 15.1 Å². The van der Waals surface area contributed by atoms with Gasteiger partial charge in [0.2, 0.25) is 0 Å². The van der Waals surface area contributed by atoms with Crippen LogP contribution in [0.4, 0.5) is 0 Å². The summed E-state index contributed by atoms with van der Waals surface area (Å²) in [5.74, 6) is 1.44. The molecule has 210 valence electrons. The van der Waals surface area contributed by atoms with Crippen LogP contribution in [0.1, 0.15) is 29.3 Å². The van der Waals surface area contributed by atoms with Gasteiger partial charge in [-0.05, 0) is 41.0 Å². The monoisotopic (exact) mass is 554 g/mol. The number of methoxy groups -OCH3 is 2. The van der Waals surface area contributed by atoms with Crippen LogP contribution in [-0.4, -0.2) is 57.7 Å². The Morgan fingerprint density at radius 1 is 0.951 bits per heavy atom. The van der Waals surface area contributed by atoms with Gasteiger partial charge in [0.05, 0.1) is 33.1 Å². The average molecular weight is 555 g/mol. The van der Waals surface area contributed by atoms with E-state index >= 15 is 0 Å². The third-order valence-electron chi connectivity index (χ3n) is 7.51. The van der Waals surface area contributed by atoms with E-state index < -0.39 is 24.0 Å². The van der Waals surface area contributed by atoms with E-state index in [1.165, 1.54) is 17.1 Å². The summed E-state index contributed by atoms with van der Waals surface area (Å²) in [4.78, 5) is 23.7. The normalized spacial score (nSPS) is 19.0. The van der Waals surface area contributed by atoms with E-state index in [4.69, 9.17) is 18.9 Å². The first-order valence-corrected chi connectivity index (χ1v) is 13.3. The number of imidazole rings is 1. The zero-order valence-electron chi connectivity index (χ0n) is 22.6. The molecule has 10 heteroatoms. The van der Waals surface area contributed by atoms with Crippen molar-refractivity contribution in [3.63, 3.8) is 0 Å². The summed E-state index contributed by atoms with van der Waals surface area (Å²) in [5, 5.41) is 11.1. The number of aromatic amines is 1. The highest BCUT2D eigenvalue weighted by molar-refractivity contribution is 5.68. The fraction of sp³-hybridized carbons (Fsp3) is 0.258. The Bertz CT molecular complexity index is 1620. The van der Waals surface area contributed by atoms with Crippen molar-refractivity contribution in [1.29, 1.82) is 0 Å². The van der Waals surface area contributed by atoms with Crippen molar-refractivity contribution in [3.8, 4) is 11.5 Å². The lowest BCUT2D eigenvalue weighted by molar-refractivity contribution is -0.0935. The molecule has 0 bridgehead atoms. The fourth-order valence-corrected chi connectivity index (χ4v) is 5.45. The summed E-state index contributed by atoms with van der Waals surface area (Å²) < 4.78 is 25.4. The van der Waals surface area contributed by atoms with E-state index in [-0.39, 0.29) is 18.7 Å². The van der Waals surface area contributed by atoms with Crippen LogP contribution in [0, 0.1) is 0 Å². The van der Waals surface area contributed by atoms with Crippen molar-refractivity contribution in [3.05, 3.63) is 119 Å². The minimum Gasteiger partial charge on any atom is -0.497 e. The van der Waals surface area contributed by atoms with Gasteiger partial charge in [0, 0.05) is 6.42 Å². The molecule has 0 unspecified atom stereocenters. The topological polar surface area (TPSA) is 121 Å². The first-order chi connectivity index (χ1) is 20.0. The SMILES string of the molecule is COc1ccc(C(OC[C@H]2O[C@@H](n3c(=O)[nH]c4cncnc43)C[C@H]2O)(c2ccccc2)c2ccc(OC)cc2)cc1. The first kappa shape index (κ1) is 26.7. The summed E-state index contributed by atoms with van der Waals surface area (Å²) >= 11 is 0. The van der Waals surface area contributed by atoms with Crippen LogP contribution in [0.2, 0.25) is 0 Å². The number of benzene rings is 3. The van der Waals surface area contributed by atoms with E-state index in [0.29, 0.717) is 11.2 Å². The highest BCUT2D eigenvalue weighted by Crippen LogP contribution is 2.42. The Labute approximate surface area is 236 Å².